The van der Waals surface area contributed by atoms with Crippen molar-refractivity contribution in [1.82, 2.24) is 25.4 Å². The number of carboxylic acid groups (broad SMARTS) is 1. The number of aromatic nitrogens is 3. The molecule has 1 heterocycles. The third-order valence-corrected chi connectivity index (χ3v) is 2.67. The van der Waals surface area contributed by atoms with Crippen molar-refractivity contribution in [2.24, 2.45) is 12.5 Å². The Morgan fingerprint density at radius 3 is 2.55 bits per heavy atom. The van der Waals surface area contributed by atoms with Crippen LogP contribution in [0.5, 0.6) is 0 Å². The average Bonchev–Trinajstić information content (AvgIpc) is 2.70. The average molecular weight is 283 g/mol. The lowest BCUT2D eigenvalue weighted by molar-refractivity contribution is -0.141. The summed E-state index contributed by atoms with van der Waals surface area (Å²) in [6.45, 7) is 5.60. The maximum absolute atomic E-state index is 11.7. The number of amides is 2. The van der Waals surface area contributed by atoms with E-state index in [2.05, 4.69) is 20.7 Å². The topological polar surface area (TPSA) is 109 Å². The van der Waals surface area contributed by atoms with Crippen molar-refractivity contribution in [3.05, 3.63) is 12.2 Å². The van der Waals surface area contributed by atoms with E-state index in [4.69, 9.17) is 5.11 Å². The fraction of sp³-hybridized carbons (Fsp3) is 0.667. The summed E-state index contributed by atoms with van der Waals surface area (Å²) >= 11 is 0. The molecule has 8 heteroatoms. The van der Waals surface area contributed by atoms with Crippen molar-refractivity contribution in [2.45, 2.75) is 33.2 Å². The van der Waals surface area contributed by atoms with Gasteiger partial charge in [0.05, 0.1) is 0 Å². The van der Waals surface area contributed by atoms with Crippen LogP contribution in [0.3, 0.4) is 0 Å². The quantitative estimate of drug-likeness (QED) is 0.713. The molecule has 0 saturated heterocycles. The van der Waals surface area contributed by atoms with Crippen LogP contribution in [-0.4, -0.2) is 44.5 Å². The van der Waals surface area contributed by atoms with Crippen molar-refractivity contribution in [3.8, 4) is 0 Å². The Kier molecular flexibility index (Phi) is 5.06. The van der Waals surface area contributed by atoms with Crippen LogP contribution in [0.1, 0.15) is 26.6 Å². The fourth-order valence-electron chi connectivity index (χ4n) is 1.62. The number of carboxylic acids is 1. The zero-order valence-corrected chi connectivity index (χ0v) is 12.2. The minimum Gasteiger partial charge on any atom is -0.480 e. The summed E-state index contributed by atoms with van der Waals surface area (Å²) < 4.78 is 1.58. The number of aliphatic carboxylic acids is 1. The molecule has 8 nitrogen and oxygen atoms in total. The molecule has 1 aromatic rings. The van der Waals surface area contributed by atoms with Gasteiger partial charge in [-0.25, -0.2) is 14.6 Å². The monoisotopic (exact) mass is 283 g/mol. The molecule has 0 fully saturated rings. The van der Waals surface area contributed by atoms with Gasteiger partial charge in [-0.05, 0) is 5.41 Å². The SMILES string of the molecule is Cn1cnc(CCNC(=O)NC(C(=O)O)C(C)(C)C)n1. The Morgan fingerprint density at radius 2 is 2.10 bits per heavy atom. The van der Waals surface area contributed by atoms with E-state index >= 15 is 0 Å². The number of carbonyl (C=O) groups is 2. The van der Waals surface area contributed by atoms with Crippen LogP contribution in [0.2, 0.25) is 0 Å². The molecule has 1 aromatic heterocycles. The van der Waals surface area contributed by atoms with Crippen molar-refractivity contribution in [2.75, 3.05) is 6.54 Å². The van der Waals surface area contributed by atoms with E-state index in [-0.39, 0.29) is 0 Å². The predicted octanol–water partition coefficient (Wildman–Crippen LogP) is 0.156. The normalized spacial score (nSPS) is 12.8. The van der Waals surface area contributed by atoms with Crippen LogP contribution in [0.4, 0.5) is 4.79 Å². The summed E-state index contributed by atoms with van der Waals surface area (Å²) in [7, 11) is 1.76. The minimum atomic E-state index is -1.06. The summed E-state index contributed by atoms with van der Waals surface area (Å²) in [5.41, 5.74) is -0.564. The van der Waals surface area contributed by atoms with Crippen LogP contribution >= 0.6 is 0 Å². The molecule has 20 heavy (non-hydrogen) atoms. The van der Waals surface area contributed by atoms with E-state index in [0.717, 1.165) is 0 Å². The summed E-state index contributed by atoms with van der Waals surface area (Å²) in [6.07, 6.45) is 2.07. The largest absolute Gasteiger partial charge is 0.480 e. The van der Waals surface area contributed by atoms with Gasteiger partial charge in [0.15, 0.2) is 5.82 Å². The Labute approximate surface area is 117 Å². The maximum Gasteiger partial charge on any atom is 0.326 e. The van der Waals surface area contributed by atoms with Crippen LogP contribution in [0, 0.1) is 5.41 Å². The number of rotatable bonds is 5. The third kappa shape index (κ3) is 4.87. The second-order valence-electron chi connectivity index (χ2n) is 5.62. The molecule has 0 bridgehead atoms. The molecule has 0 spiro atoms. The van der Waals surface area contributed by atoms with Gasteiger partial charge in [-0.3, -0.25) is 4.68 Å². The number of urea groups is 1. The number of hydrogen-bond donors (Lipinski definition) is 3. The molecule has 1 unspecified atom stereocenters. The van der Waals surface area contributed by atoms with Gasteiger partial charge in [-0.2, -0.15) is 5.10 Å². The molecule has 1 rings (SSSR count). The smallest absolute Gasteiger partial charge is 0.326 e. The second kappa shape index (κ2) is 6.36. The van der Waals surface area contributed by atoms with Gasteiger partial charge >= 0.3 is 12.0 Å². The molecular formula is C12H21N5O3. The predicted molar refractivity (Wildman–Crippen MR) is 72.1 cm³/mol. The minimum absolute atomic E-state index is 0.340. The second-order valence-corrected chi connectivity index (χ2v) is 5.62. The standard InChI is InChI=1S/C12H21N5O3/c1-12(2,3)9(10(18)19)15-11(20)13-6-5-8-14-7-17(4)16-8/h7,9H,5-6H2,1-4H3,(H,18,19)(H2,13,15,20). The van der Waals surface area contributed by atoms with Crippen molar-refractivity contribution in [3.63, 3.8) is 0 Å². The van der Waals surface area contributed by atoms with E-state index < -0.39 is 23.5 Å². The van der Waals surface area contributed by atoms with E-state index in [1.807, 2.05) is 0 Å². The zero-order valence-electron chi connectivity index (χ0n) is 12.2. The summed E-state index contributed by atoms with van der Waals surface area (Å²) in [6, 6.07) is -1.46. The summed E-state index contributed by atoms with van der Waals surface area (Å²) in [4.78, 5) is 26.8. The van der Waals surface area contributed by atoms with E-state index in [9.17, 15) is 9.59 Å². The molecule has 0 saturated carbocycles. The Balaban J connectivity index is 2.41. The van der Waals surface area contributed by atoms with E-state index in [1.54, 1.807) is 38.8 Å². The van der Waals surface area contributed by atoms with Gasteiger partial charge in [-0.1, -0.05) is 20.8 Å². The molecule has 0 aliphatic heterocycles. The first kappa shape index (κ1) is 15.9. The molecule has 0 aliphatic carbocycles. The first-order valence-electron chi connectivity index (χ1n) is 6.32. The highest BCUT2D eigenvalue weighted by molar-refractivity contribution is 5.83. The maximum atomic E-state index is 11.7. The molecule has 2 amide bonds. The fourth-order valence-corrected chi connectivity index (χ4v) is 1.62. The first-order valence-corrected chi connectivity index (χ1v) is 6.32. The lowest BCUT2D eigenvalue weighted by atomic mass is 9.87. The van der Waals surface area contributed by atoms with Crippen LogP contribution in [-0.2, 0) is 18.3 Å². The van der Waals surface area contributed by atoms with Gasteiger partial charge in [0.1, 0.15) is 12.4 Å². The van der Waals surface area contributed by atoms with Gasteiger partial charge in [0.2, 0.25) is 0 Å². The number of nitrogens with zero attached hydrogens (tertiary/aromatic N) is 3. The van der Waals surface area contributed by atoms with Crippen LogP contribution < -0.4 is 10.6 Å². The van der Waals surface area contributed by atoms with Crippen molar-refractivity contribution in [1.29, 1.82) is 0 Å². The number of aryl methyl sites for hydroxylation is 1. The Bertz CT molecular complexity index is 478. The molecule has 0 radical (unpaired) electrons. The molecule has 112 valence electrons. The third-order valence-electron chi connectivity index (χ3n) is 2.67. The highest BCUT2D eigenvalue weighted by Crippen LogP contribution is 2.19. The van der Waals surface area contributed by atoms with E-state index in [1.165, 1.54) is 0 Å². The molecule has 0 aromatic carbocycles. The highest BCUT2D eigenvalue weighted by atomic mass is 16.4. The van der Waals surface area contributed by atoms with Crippen LogP contribution in [0.25, 0.3) is 0 Å². The highest BCUT2D eigenvalue weighted by Gasteiger charge is 2.32. The molecular weight excluding hydrogens is 262 g/mol. The van der Waals surface area contributed by atoms with Gasteiger partial charge in [0, 0.05) is 20.0 Å². The molecule has 3 N–H and O–H groups in total. The van der Waals surface area contributed by atoms with Crippen molar-refractivity contribution < 1.29 is 14.7 Å². The Morgan fingerprint density at radius 1 is 1.45 bits per heavy atom. The van der Waals surface area contributed by atoms with Gasteiger partial charge in [-0.15, -0.1) is 0 Å². The van der Waals surface area contributed by atoms with E-state index in [0.29, 0.717) is 18.8 Å². The van der Waals surface area contributed by atoms with Gasteiger partial charge < -0.3 is 15.7 Å². The lowest BCUT2D eigenvalue weighted by Crippen LogP contribution is -2.52. The molecule has 0 aliphatic rings. The summed E-state index contributed by atoms with van der Waals surface area (Å²) in [5, 5.41) is 18.2. The number of carbonyl (C=O) groups excluding carboxylic acids is 1. The number of nitrogens with one attached hydrogen (secondary N) is 2. The molecule has 1 atom stereocenters. The van der Waals surface area contributed by atoms with Crippen molar-refractivity contribution >= 4 is 12.0 Å². The Hall–Kier alpha value is -2.12. The lowest BCUT2D eigenvalue weighted by Gasteiger charge is -2.27. The van der Waals surface area contributed by atoms with Gasteiger partial charge in [0.25, 0.3) is 0 Å². The number of hydrogen-bond acceptors (Lipinski definition) is 4. The van der Waals surface area contributed by atoms with Crippen LogP contribution in [0.15, 0.2) is 6.33 Å². The summed E-state index contributed by atoms with van der Waals surface area (Å²) in [5.74, 6) is -0.433. The first-order chi connectivity index (χ1) is 9.20. The zero-order chi connectivity index (χ0) is 15.3.